The van der Waals surface area contributed by atoms with E-state index in [1.807, 2.05) is 9.80 Å². The largest absolute Gasteiger partial charge is 0.372 e. The van der Waals surface area contributed by atoms with E-state index in [0.29, 0.717) is 39.2 Å². The molecule has 0 bridgehead atoms. The highest BCUT2D eigenvalue weighted by Crippen LogP contribution is 2.32. The van der Waals surface area contributed by atoms with Gasteiger partial charge in [0.1, 0.15) is 0 Å². The fraction of sp³-hybridized carbons (Fsp3) is 0.900. The summed E-state index contributed by atoms with van der Waals surface area (Å²) in [7, 11) is 2.14. The Morgan fingerprint density at radius 3 is 2.59 bits per heavy atom. The smallest absolute Gasteiger partial charge is 0.236 e. The summed E-state index contributed by atoms with van der Waals surface area (Å²) in [5, 5.41) is 0. The summed E-state index contributed by atoms with van der Waals surface area (Å²) >= 11 is 0. The first kappa shape index (κ1) is 20.6. The number of piperidine rings is 1. The second-order valence-corrected chi connectivity index (χ2v) is 8.40. The molecule has 0 aromatic heterocycles. The highest BCUT2D eigenvalue weighted by atomic mass is 16.5. The van der Waals surface area contributed by atoms with Crippen LogP contribution in [-0.4, -0.2) is 110 Å². The van der Waals surface area contributed by atoms with Gasteiger partial charge in [-0.05, 0) is 45.8 Å². The lowest BCUT2D eigenvalue weighted by Crippen LogP contribution is -2.51. The molecule has 0 aliphatic carbocycles. The predicted octanol–water partition coefficient (Wildman–Crippen LogP) is 0.644. The first-order valence-electron chi connectivity index (χ1n) is 10.6. The molecule has 0 unspecified atom stereocenters. The van der Waals surface area contributed by atoms with E-state index in [1.165, 1.54) is 0 Å². The van der Waals surface area contributed by atoms with Crippen LogP contribution >= 0.6 is 0 Å². The van der Waals surface area contributed by atoms with E-state index in [2.05, 4.69) is 23.8 Å². The van der Waals surface area contributed by atoms with Gasteiger partial charge in [0.05, 0.1) is 25.2 Å². The molecule has 154 valence electrons. The summed E-state index contributed by atoms with van der Waals surface area (Å²) in [4.78, 5) is 33.8. The Labute approximate surface area is 163 Å². The topological polar surface area (TPSA) is 56.3 Å². The van der Waals surface area contributed by atoms with Gasteiger partial charge in [-0.1, -0.05) is 6.92 Å². The summed E-state index contributed by atoms with van der Waals surface area (Å²) in [5.41, 5.74) is -0.359. The predicted molar refractivity (Wildman–Crippen MR) is 105 cm³/mol. The number of ether oxygens (including phenoxy) is 1. The molecule has 0 radical (unpaired) electrons. The molecule has 0 N–H and O–H groups in total. The molecule has 3 rings (SSSR count). The summed E-state index contributed by atoms with van der Waals surface area (Å²) in [6, 6.07) is 0. The van der Waals surface area contributed by atoms with Gasteiger partial charge in [0, 0.05) is 39.3 Å². The number of carbonyl (C=O) groups excluding carboxylic acids is 2. The molecule has 1 spiro atoms. The fourth-order valence-electron chi connectivity index (χ4n) is 4.48. The van der Waals surface area contributed by atoms with E-state index in [4.69, 9.17) is 4.74 Å². The van der Waals surface area contributed by atoms with E-state index in [0.717, 1.165) is 58.4 Å². The van der Waals surface area contributed by atoms with Gasteiger partial charge in [0.25, 0.3) is 0 Å². The van der Waals surface area contributed by atoms with Crippen LogP contribution in [0.3, 0.4) is 0 Å². The highest BCUT2D eigenvalue weighted by molar-refractivity contribution is 5.79. The van der Waals surface area contributed by atoms with Crippen LogP contribution in [0.1, 0.15) is 39.0 Å². The zero-order chi connectivity index (χ0) is 19.3. The van der Waals surface area contributed by atoms with E-state index >= 15 is 0 Å². The summed E-state index contributed by atoms with van der Waals surface area (Å²) in [5.74, 6) is 0.435. The fourth-order valence-corrected chi connectivity index (χ4v) is 4.48. The lowest BCUT2D eigenvalue weighted by Gasteiger charge is -2.41. The van der Waals surface area contributed by atoms with Crippen LogP contribution in [0.2, 0.25) is 0 Å². The number of rotatable bonds is 4. The summed E-state index contributed by atoms with van der Waals surface area (Å²) in [6.07, 6.45) is 4.11. The van der Waals surface area contributed by atoms with Crippen LogP contribution in [0.25, 0.3) is 0 Å². The Morgan fingerprint density at radius 2 is 1.85 bits per heavy atom. The molecule has 27 heavy (non-hydrogen) atoms. The zero-order valence-electron chi connectivity index (χ0n) is 17.1. The van der Waals surface area contributed by atoms with Gasteiger partial charge in [-0.15, -0.1) is 0 Å². The van der Waals surface area contributed by atoms with Crippen molar-refractivity contribution in [2.75, 3.05) is 72.6 Å². The Kier molecular flexibility index (Phi) is 7.11. The minimum absolute atomic E-state index is 0.211. The lowest BCUT2D eigenvalue weighted by atomic mass is 9.87. The monoisotopic (exact) mass is 380 g/mol. The van der Waals surface area contributed by atoms with Crippen molar-refractivity contribution < 1.29 is 14.3 Å². The van der Waals surface area contributed by atoms with E-state index in [1.54, 1.807) is 0 Å². The van der Waals surface area contributed by atoms with Crippen LogP contribution in [0.4, 0.5) is 0 Å². The second kappa shape index (κ2) is 9.34. The Bertz CT molecular complexity index is 519. The molecule has 0 aromatic carbocycles. The average molecular weight is 381 g/mol. The van der Waals surface area contributed by atoms with Crippen molar-refractivity contribution >= 4 is 11.8 Å². The third-order valence-corrected chi connectivity index (χ3v) is 6.29. The van der Waals surface area contributed by atoms with Crippen LogP contribution in [0, 0.1) is 0 Å². The van der Waals surface area contributed by atoms with Gasteiger partial charge in [-0.3, -0.25) is 14.5 Å². The molecule has 3 aliphatic heterocycles. The molecule has 0 aromatic rings. The third kappa shape index (κ3) is 5.42. The molecular formula is C20H36N4O3. The number of amides is 2. The molecule has 2 amide bonds. The minimum atomic E-state index is -0.359. The SMILES string of the molecule is CCCN1CCOC2(CCN(C(=O)CN3CCCN(C)CC3)CC2)CC1=O. The summed E-state index contributed by atoms with van der Waals surface area (Å²) < 4.78 is 6.17. The molecular weight excluding hydrogens is 344 g/mol. The average Bonchev–Trinajstić information content (AvgIpc) is 2.93. The zero-order valence-corrected chi connectivity index (χ0v) is 17.1. The minimum Gasteiger partial charge on any atom is -0.372 e. The van der Waals surface area contributed by atoms with Gasteiger partial charge in [-0.25, -0.2) is 0 Å². The molecule has 3 fully saturated rings. The Morgan fingerprint density at radius 1 is 1.07 bits per heavy atom. The van der Waals surface area contributed by atoms with Gasteiger partial charge >= 0.3 is 0 Å². The standard InChI is InChI=1S/C20H36N4O3/c1-3-7-23-14-15-27-20(16-18(23)25)5-10-24(11-6-20)19(26)17-22-9-4-8-21(2)12-13-22/h3-17H2,1-2H3. The normalized spacial score (nSPS) is 25.5. The van der Waals surface area contributed by atoms with Crippen molar-refractivity contribution in [2.24, 2.45) is 0 Å². The molecule has 3 heterocycles. The number of hydrogen-bond donors (Lipinski definition) is 0. The first-order chi connectivity index (χ1) is 13.0. The van der Waals surface area contributed by atoms with Crippen molar-refractivity contribution in [3.63, 3.8) is 0 Å². The van der Waals surface area contributed by atoms with E-state index in [-0.39, 0.29) is 17.4 Å². The number of likely N-dealkylation sites (tertiary alicyclic amines) is 1. The number of nitrogens with zero attached hydrogens (tertiary/aromatic N) is 4. The van der Waals surface area contributed by atoms with Crippen molar-refractivity contribution in [2.45, 2.75) is 44.6 Å². The maximum atomic E-state index is 12.8. The van der Waals surface area contributed by atoms with Crippen molar-refractivity contribution in [3.05, 3.63) is 0 Å². The van der Waals surface area contributed by atoms with Crippen LogP contribution < -0.4 is 0 Å². The van der Waals surface area contributed by atoms with Gasteiger partial charge in [0.2, 0.25) is 11.8 Å². The second-order valence-electron chi connectivity index (χ2n) is 8.40. The van der Waals surface area contributed by atoms with E-state index in [9.17, 15) is 9.59 Å². The van der Waals surface area contributed by atoms with Crippen molar-refractivity contribution in [3.8, 4) is 0 Å². The molecule has 0 atom stereocenters. The number of hydrogen-bond acceptors (Lipinski definition) is 5. The van der Waals surface area contributed by atoms with E-state index < -0.39 is 0 Å². The Hall–Kier alpha value is -1.18. The number of carbonyl (C=O) groups is 2. The molecule has 3 aliphatic rings. The van der Waals surface area contributed by atoms with Crippen molar-refractivity contribution in [1.29, 1.82) is 0 Å². The van der Waals surface area contributed by atoms with Gasteiger partial charge in [-0.2, -0.15) is 0 Å². The molecule has 7 heteroatoms. The maximum Gasteiger partial charge on any atom is 0.236 e. The quantitative estimate of drug-likeness (QED) is 0.717. The molecule has 7 nitrogen and oxygen atoms in total. The van der Waals surface area contributed by atoms with Crippen LogP contribution in [-0.2, 0) is 14.3 Å². The van der Waals surface area contributed by atoms with Crippen LogP contribution in [0.15, 0.2) is 0 Å². The lowest BCUT2D eigenvalue weighted by molar-refractivity contribution is -0.142. The molecule has 3 saturated heterocycles. The van der Waals surface area contributed by atoms with Crippen LogP contribution in [0.5, 0.6) is 0 Å². The third-order valence-electron chi connectivity index (χ3n) is 6.29. The molecule has 0 saturated carbocycles. The van der Waals surface area contributed by atoms with Crippen molar-refractivity contribution in [1.82, 2.24) is 19.6 Å². The van der Waals surface area contributed by atoms with Gasteiger partial charge < -0.3 is 19.4 Å². The highest BCUT2D eigenvalue weighted by Gasteiger charge is 2.41. The van der Waals surface area contributed by atoms with Gasteiger partial charge in [0.15, 0.2) is 0 Å². The summed E-state index contributed by atoms with van der Waals surface area (Å²) in [6.45, 7) is 10.2. The first-order valence-corrected chi connectivity index (χ1v) is 10.6. The number of likely N-dealkylation sites (N-methyl/N-ethyl adjacent to an activating group) is 1. The Balaban J connectivity index is 1.49. The maximum absolute atomic E-state index is 12.8.